The molecule has 0 spiro atoms. The van der Waals surface area contributed by atoms with Crippen molar-refractivity contribution in [1.29, 1.82) is 0 Å². The first-order valence-corrected chi connectivity index (χ1v) is 6.61. The van der Waals surface area contributed by atoms with Crippen LogP contribution in [0.2, 0.25) is 0 Å². The van der Waals surface area contributed by atoms with Crippen LogP contribution in [0.15, 0.2) is 22.7 Å². The summed E-state index contributed by atoms with van der Waals surface area (Å²) in [6.07, 6.45) is 1.74. The monoisotopic (exact) mass is 297 g/mol. The van der Waals surface area contributed by atoms with E-state index in [1.165, 1.54) is 5.56 Å². The second-order valence-corrected chi connectivity index (χ2v) is 5.41. The van der Waals surface area contributed by atoms with Crippen LogP contribution in [-0.2, 0) is 4.79 Å². The Hall–Kier alpha value is -1.03. The van der Waals surface area contributed by atoms with Gasteiger partial charge in [-0.25, -0.2) is 0 Å². The zero-order valence-corrected chi connectivity index (χ0v) is 11.4. The number of hydrogen-bond donors (Lipinski definition) is 1. The highest BCUT2D eigenvalue weighted by Crippen LogP contribution is 2.27. The van der Waals surface area contributed by atoms with Crippen LogP contribution in [0.1, 0.15) is 18.4 Å². The summed E-state index contributed by atoms with van der Waals surface area (Å²) in [7, 11) is 0. The van der Waals surface area contributed by atoms with E-state index >= 15 is 0 Å². The van der Waals surface area contributed by atoms with Crippen molar-refractivity contribution in [2.24, 2.45) is 5.92 Å². The maximum absolute atomic E-state index is 11.0. The Bertz CT molecular complexity index is 433. The fraction of sp³-hybridized carbons (Fsp3) is 0.462. The van der Waals surface area contributed by atoms with E-state index in [0.717, 1.165) is 29.5 Å². The standard InChI is InChI=1S/C13H16BrNO2/c1-9-7-11(4-5-12(9)14)15-6-2-3-10(8-15)13(16)17/h4-5,7,10H,2-3,6,8H2,1H3,(H,16,17). The van der Waals surface area contributed by atoms with Crippen LogP contribution in [0, 0.1) is 12.8 Å². The molecular weight excluding hydrogens is 282 g/mol. The second-order valence-electron chi connectivity index (χ2n) is 4.56. The number of rotatable bonds is 2. The number of piperidine rings is 1. The van der Waals surface area contributed by atoms with E-state index in [1.807, 2.05) is 19.1 Å². The third-order valence-electron chi connectivity index (χ3n) is 3.28. The maximum atomic E-state index is 11.0. The van der Waals surface area contributed by atoms with Gasteiger partial charge >= 0.3 is 5.97 Å². The van der Waals surface area contributed by atoms with Crippen LogP contribution in [-0.4, -0.2) is 24.2 Å². The van der Waals surface area contributed by atoms with Crippen molar-refractivity contribution in [2.75, 3.05) is 18.0 Å². The minimum absolute atomic E-state index is 0.229. The number of nitrogens with zero attached hydrogens (tertiary/aromatic N) is 1. The maximum Gasteiger partial charge on any atom is 0.308 e. The van der Waals surface area contributed by atoms with Crippen LogP contribution >= 0.6 is 15.9 Å². The van der Waals surface area contributed by atoms with Gasteiger partial charge in [0.15, 0.2) is 0 Å². The van der Waals surface area contributed by atoms with Gasteiger partial charge in [0.2, 0.25) is 0 Å². The molecule has 0 saturated carbocycles. The molecule has 1 aromatic rings. The van der Waals surface area contributed by atoms with Crippen molar-refractivity contribution in [3.05, 3.63) is 28.2 Å². The van der Waals surface area contributed by atoms with E-state index in [2.05, 4.69) is 26.9 Å². The van der Waals surface area contributed by atoms with Crippen molar-refractivity contribution >= 4 is 27.6 Å². The van der Waals surface area contributed by atoms with E-state index in [-0.39, 0.29) is 5.92 Å². The molecule has 1 aliphatic rings. The van der Waals surface area contributed by atoms with Crippen molar-refractivity contribution < 1.29 is 9.90 Å². The second kappa shape index (κ2) is 5.08. The van der Waals surface area contributed by atoms with E-state index in [9.17, 15) is 4.79 Å². The third kappa shape index (κ3) is 2.80. The normalized spacial score (nSPS) is 20.4. The lowest BCUT2D eigenvalue weighted by molar-refractivity contribution is -0.141. The van der Waals surface area contributed by atoms with E-state index in [1.54, 1.807) is 0 Å². The molecule has 1 fully saturated rings. The predicted molar refractivity (Wildman–Crippen MR) is 71.5 cm³/mol. The van der Waals surface area contributed by atoms with Gasteiger partial charge in [-0.05, 0) is 43.5 Å². The summed E-state index contributed by atoms with van der Waals surface area (Å²) < 4.78 is 1.09. The predicted octanol–water partition coefficient (Wildman–Crippen LogP) is 3.06. The molecule has 17 heavy (non-hydrogen) atoms. The minimum Gasteiger partial charge on any atom is -0.481 e. The zero-order chi connectivity index (χ0) is 12.4. The van der Waals surface area contributed by atoms with Gasteiger partial charge in [0.1, 0.15) is 0 Å². The lowest BCUT2D eigenvalue weighted by Crippen LogP contribution is -2.38. The van der Waals surface area contributed by atoms with Crippen LogP contribution in [0.4, 0.5) is 5.69 Å². The Morgan fingerprint density at radius 3 is 2.94 bits per heavy atom. The number of aryl methyl sites for hydroxylation is 1. The van der Waals surface area contributed by atoms with Crippen molar-refractivity contribution in [3.8, 4) is 0 Å². The summed E-state index contributed by atoms with van der Waals surface area (Å²) in [4.78, 5) is 13.2. The topological polar surface area (TPSA) is 40.5 Å². The Morgan fingerprint density at radius 1 is 1.53 bits per heavy atom. The number of carbonyl (C=O) groups is 1. The molecule has 1 atom stereocenters. The molecule has 1 heterocycles. The van der Waals surface area contributed by atoms with Gasteiger partial charge in [0, 0.05) is 23.2 Å². The number of aliphatic carboxylic acids is 1. The van der Waals surface area contributed by atoms with Crippen LogP contribution < -0.4 is 4.90 Å². The smallest absolute Gasteiger partial charge is 0.308 e. The lowest BCUT2D eigenvalue weighted by atomic mass is 9.97. The molecule has 92 valence electrons. The number of benzene rings is 1. The van der Waals surface area contributed by atoms with Gasteiger partial charge in [-0.1, -0.05) is 15.9 Å². The number of anilines is 1. The first-order valence-electron chi connectivity index (χ1n) is 5.82. The van der Waals surface area contributed by atoms with Gasteiger partial charge in [-0.2, -0.15) is 0 Å². The first kappa shape index (κ1) is 12.4. The average molecular weight is 298 g/mol. The van der Waals surface area contributed by atoms with Crippen LogP contribution in [0.5, 0.6) is 0 Å². The summed E-state index contributed by atoms with van der Waals surface area (Å²) in [6, 6.07) is 6.17. The highest BCUT2D eigenvalue weighted by atomic mass is 79.9. The highest BCUT2D eigenvalue weighted by Gasteiger charge is 2.25. The molecule has 0 aliphatic carbocycles. The molecule has 0 amide bonds. The van der Waals surface area contributed by atoms with Crippen molar-refractivity contribution in [2.45, 2.75) is 19.8 Å². The summed E-state index contributed by atoms with van der Waals surface area (Å²) in [5, 5.41) is 9.07. The number of carboxylic acids is 1. The Morgan fingerprint density at radius 2 is 2.29 bits per heavy atom. The molecule has 4 heteroatoms. The van der Waals surface area contributed by atoms with E-state index < -0.39 is 5.97 Å². The Labute approximate surface area is 110 Å². The van der Waals surface area contributed by atoms with E-state index in [0.29, 0.717) is 6.54 Å². The highest BCUT2D eigenvalue weighted by molar-refractivity contribution is 9.10. The fourth-order valence-corrected chi connectivity index (χ4v) is 2.49. The Balaban J connectivity index is 2.16. The number of carboxylic acid groups (broad SMARTS) is 1. The molecule has 0 bridgehead atoms. The molecule has 1 saturated heterocycles. The van der Waals surface area contributed by atoms with Crippen LogP contribution in [0.25, 0.3) is 0 Å². The summed E-state index contributed by atoms with van der Waals surface area (Å²) in [6.45, 7) is 3.62. The average Bonchev–Trinajstić information content (AvgIpc) is 2.33. The molecule has 1 unspecified atom stereocenters. The zero-order valence-electron chi connectivity index (χ0n) is 9.82. The van der Waals surface area contributed by atoms with Crippen molar-refractivity contribution in [3.63, 3.8) is 0 Å². The fourth-order valence-electron chi connectivity index (χ4n) is 2.24. The molecule has 0 radical (unpaired) electrons. The third-order valence-corrected chi connectivity index (χ3v) is 4.17. The summed E-state index contributed by atoms with van der Waals surface area (Å²) >= 11 is 3.48. The largest absolute Gasteiger partial charge is 0.481 e. The van der Waals surface area contributed by atoms with Gasteiger partial charge in [-0.15, -0.1) is 0 Å². The molecule has 1 aromatic carbocycles. The summed E-state index contributed by atoms with van der Waals surface area (Å²) in [5.41, 5.74) is 2.30. The molecule has 1 aliphatic heterocycles. The van der Waals surface area contributed by atoms with Gasteiger partial charge < -0.3 is 10.0 Å². The van der Waals surface area contributed by atoms with Gasteiger partial charge in [-0.3, -0.25) is 4.79 Å². The minimum atomic E-state index is -0.677. The number of halogens is 1. The Kier molecular flexibility index (Phi) is 3.72. The molecular formula is C13H16BrNO2. The van der Waals surface area contributed by atoms with Crippen LogP contribution in [0.3, 0.4) is 0 Å². The first-order chi connectivity index (χ1) is 8.08. The van der Waals surface area contributed by atoms with E-state index in [4.69, 9.17) is 5.11 Å². The molecule has 3 nitrogen and oxygen atoms in total. The lowest BCUT2D eigenvalue weighted by Gasteiger charge is -2.32. The molecule has 1 N–H and O–H groups in total. The SMILES string of the molecule is Cc1cc(N2CCCC(C(=O)O)C2)ccc1Br. The van der Waals surface area contributed by atoms with Gasteiger partial charge in [0.25, 0.3) is 0 Å². The van der Waals surface area contributed by atoms with Crippen molar-refractivity contribution in [1.82, 2.24) is 0 Å². The quantitative estimate of drug-likeness (QED) is 0.912. The number of hydrogen-bond acceptors (Lipinski definition) is 2. The summed E-state index contributed by atoms with van der Waals surface area (Å²) in [5.74, 6) is -0.906. The molecule has 0 aromatic heterocycles. The molecule has 2 rings (SSSR count). The van der Waals surface area contributed by atoms with Gasteiger partial charge in [0.05, 0.1) is 5.92 Å².